The van der Waals surface area contributed by atoms with Crippen molar-refractivity contribution < 1.29 is 9.59 Å². The first kappa shape index (κ1) is 14.1. The third kappa shape index (κ3) is 2.18. The molecule has 22 heavy (non-hydrogen) atoms. The summed E-state index contributed by atoms with van der Waals surface area (Å²) in [5.74, 6) is -0.696. The van der Waals surface area contributed by atoms with Crippen LogP contribution in [-0.2, 0) is 4.79 Å². The van der Waals surface area contributed by atoms with Gasteiger partial charge in [-0.15, -0.1) is 0 Å². The Morgan fingerprint density at radius 2 is 1.86 bits per heavy atom. The van der Waals surface area contributed by atoms with E-state index in [0.717, 1.165) is 5.69 Å². The fraction of sp³-hybridized carbons (Fsp3) is 0.188. The summed E-state index contributed by atoms with van der Waals surface area (Å²) in [7, 11) is 0. The smallest absolute Gasteiger partial charge is 0.273 e. The molecule has 0 radical (unpaired) electrons. The number of fused-ring (bicyclic) bond motifs is 1. The van der Waals surface area contributed by atoms with Gasteiger partial charge in [0.2, 0.25) is 5.91 Å². The van der Waals surface area contributed by atoms with Crippen LogP contribution in [0.1, 0.15) is 35.6 Å². The molecule has 0 fully saturated rings. The Morgan fingerprint density at radius 1 is 1.18 bits per heavy atom. The Morgan fingerprint density at radius 3 is 2.50 bits per heavy atom. The van der Waals surface area contributed by atoms with Crippen LogP contribution >= 0.6 is 0 Å². The maximum Gasteiger partial charge on any atom is 0.281 e. The van der Waals surface area contributed by atoms with E-state index in [9.17, 15) is 9.59 Å². The maximum absolute atomic E-state index is 12.2. The van der Waals surface area contributed by atoms with Crippen molar-refractivity contribution in [2.45, 2.75) is 20.8 Å². The lowest BCUT2D eigenvalue weighted by atomic mass is 10.0. The number of aryl methyl sites for hydroxylation is 1. The Hall–Kier alpha value is -2.89. The lowest BCUT2D eigenvalue weighted by Gasteiger charge is -2.14. The Balaban J connectivity index is 2.34. The monoisotopic (exact) mass is 294 g/mol. The van der Waals surface area contributed by atoms with Crippen molar-refractivity contribution in [3.8, 4) is 5.69 Å². The van der Waals surface area contributed by atoms with Crippen molar-refractivity contribution in [1.29, 1.82) is 0 Å². The Labute approximate surface area is 127 Å². The number of nitrogens with zero attached hydrogens (tertiary/aromatic N) is 4. The molecule has 3 rings (SSSR count). The molecule has 6 nitrogen and oxygen atoms in total. The van der Waals surface area contributed by atoms with Crippen molar-refractivity contribution in [1.82, 2.24) is 9.78 Å². The zero-order valence-electron chi connectivity index (χ0n) is 12.5. The average molecular weight is 294 g/mol. The van der Waals surface area contributed by atoms with E-state index < -0.39 is 0 Å². The molecule has 2 aromatic rings. The van der Waals surface area contributed by atoms with E-state index in [-0.39, 0.29) is 11.8 Å². The highest BCUT2D eigenvalue weighted by molar-refractivity contribution is 6.52. The number of hydrogen-bond donors (Lipinski definition) is 0. The molecule has 0 bridgehead atoms. The van der Waals surface area contributed by atoms with Gasteiger partial charge in [0.1, 0.15) is 11.4 Å². The molecule has 2 heterocycles. The molecule has 2 amide bonds. The van der Waals surface area contributed by atoms with Crippen molar-refractivity contribution >= 4 is 23.2 Å². The largest absolute Gasteiger partial charge is 0.281 e. The van der Waals surface area contributed by atoms with Crippen molar-refractivity contribution in [2.75, 3.05) is 0 Å². The van der Waals surface area contributed by atoms with Crippen LogP contribution in [0, 0.1) is 6.92 Å². The molecule has 0 N–H and O–H groups in total. The zero-order valence-corrected chi connectivity index (χ0v) is 12.5. The summed E-state index contributed by atoms with van der Waals surface area (Å²) in [6, 6.07) is 9.42. The predicted octanol–water partition coefficient (Wildman–Crippen LogP) is 2.13. The second-order valence-electron chi connectivity index (χ2n) is 5.04. The van der Waals surface area contributed by atoms with E-state index in [4.69, 9.17) is 0 Å². The van der Waals surface area contributed by atoms with Crippen LogP contribution in [0.5, 0.6) is 0 Å². The van der Waals surface area contributed by atoms with E-state index in [1.165, 1.54) is 6.92 Å². The lowest BCUT2D eigenvalue weighted by molar-refractivity contribution is -0.115. The fourth-order valence-electron chi connectivity index (χ4n) is 2.48. The van der Waals surface area contributed by atoms with Gasteiger partial charge in [-0.1, -0.05) is 18.2 Å². The number of aliphatic imine (C=N–C) groups is 2. The van der Waals surface area contributed by atoms with Crippen LogP contribution in [-0.4, -0.2) is 33.0 Å². The van der Waals surface area contributed by atoms with Gasteiger partial charge < -0.3 is 0 Å². The minimum atomic E-state index is -0.352. The molecule has 0 saturated carbocycles. The minimum absolute atomic E-state index is 0.344. The standard InChI is InChI=1S/C16H14N4O2/c1-9-13-15(20(19-9)12-7-5-4-6-8-12)14(18-11(3)21)10(2)17-16(13)22/h4-8H,1-3H3. The molecule has 1 aliphatic heterocycles. The van der Waals surface area contributed by atoms with Crippen LogP contribution < -0.4 is 0 Å². The highest BCUT2D eigenvalue weighted by Crippen LogP contribution is 2.24. The molecular weight excluding hydrogens is 280 g/mol. The van der Waals surface area contributed by atoms with Gasteiger partial charge in [-0.2, -0.15) is 5.10 Å². The molecule has 110 valence electrons. The van der Waals surface area contributed by atoms with Gasteiger partial charge >= 0.3 is 0 Å². The summed E-state index contributed by atoms with van der Waals surface area (Å²) < 4.78 is 1.64. The van der Waals surface area contributed by atoms with Gasteiger partial charge in [0.25, 0.3) is 5.91 Å². The Bertz CT molecular complexity index is 845. The van der Waals surface area contributed by atoms with Crippen LogP contribution in [0.2, 0.25) is 0 Å². The summed E-state index contributed by atoms with van der Waals surface area (Å²) in [6.45, 7) is 4.78. The quantitative estimate of drug-likeness (QED) is 0.808. The van der Waals surface area contributed by atoms with Crippen molar-refractivity contribution in [3.63, 3.8) is 0 Å². The molecule has 1 aromatic carbocycles. The van der Waals surface area contributed by atoms with Gasteiger partial charge in [-0.05, 0) is 26.0 Å². The fourth-order valence-corrected chi connectivity index (χ4v) is 2.48. The molecule has 0 aliphatic carbocycles. The van der Waals surface area contributed by atoms with Crippen LogP contribution in [0.3, 0.4) is 0 Å². The van der Waals surface area contributed by atoms with Gasteiger partial charge in [0.15, 0.2) is 0 Å². The number of carbonyl (C=O) groups is 2. The van der Waals surface area contributed by atoms with Gasteiger partial charge in [-0.25, -0.2) is 14.7 Å². The lowest BCUT2D eigenvalue weighted by Crippen LogP contribution is -2.26. The first-order valence-electron chi connectivity index (χ1n) is 6.83. The number of amides is 2. The van der Waals surface area contributed by atoms with Crippen LogP contribution in [0.15, 0.2) is 40.3 Å². The summed E-state index contributed by atoms with van der Waals surface area (Å²) in [5, 5.41) is 4.44. The van der Waals surface area contributed by atoms with Gasteiger partial charge in [-0.3, -0.25) is 9.59 Å². The van der Waals surface area contributed by atoms with Gasteiger partial charge in [0, 0.05) is 6.92 Å². The summed E-state index contributed by atoms with van der Waals surface area (Å²) >= 11 is 0. The average Bonchev–Trinajstić information content (AvgIpc) is 2.82. The maximum atomic E-state index is 12.2. The highest BCUT2D eigenvalue weighted by atomic mass is 16.2. The topological polar surface area (TPSA) is 76.7 Å². The number of aromatic nitrogens is 2. The summed E-state index contributed by atoms with van der Waals surface area (Å²) in [4.78, 5) is 31.7. The van der Waals surface area contributed by atoms with E-state index >= 15 is 0 Å². The summed E-state index contributed by atoms with van der Waals surface area (Å²) in [5.41, 5.74) is 3.10. The van der Waals surface area contributed by atoms with E-state index in [0.29, 0.717) is 28.4 Å². The van der Waals surface area contributed by atoms with Crippen LogP contribution in [0.4, 0.5) is 0 Å². The number of hydrogen-bond acceptors (Lipinski definition) is 3. The molecule has 0 saturated heterocycles. The number of carbonyl (C=O) groups excluding carboxylic acids is 2. The minimum Gasteiger partial charge on any atom is -0.273 e. The molecule has 1 aromatic heterocycles. The van der Waals surface area contributed by atoms with E-state index in [1.54, 1.807) is 18.5 Å². The van der Waals surface area contributed by atoms with Crippen molar-refractivity contribution in [3.05, 3.63) is 47.3 Å². The van der Waals surface area contributed by atoms with E-state index in [2.05, 4.69) is 15.1 Å². The van der Waals surface area contributed by atoms with Crippen LogP contribution in [0.25, 0.3) is 5.69 Å². The zero-order chi connectivity index (χ0) is 15.9. The molecule has 0 spiro atoms. The van der Waals surface area contributed by atoms with Gasteiger partial charge in [0.05, 0.1) is 22.7 Å². The van der Waals surface area contributed by atoms with Crippen molar-refractivity contribution in [2.24, 2.45) is 9.98 Å². The number of rotatable bonds is 1. The number of benzene rings is 1. The molecule has 6 heteroatoms. The molecule has 0 atom stereocenters. The predicted molar refractivity (Wildman–Crippen MR) is 83.0 cm³/mol. The molecular formula is C16H14N4O2. The highest BCUT2D eigenvalue weighted by Gasteiger charge is 2.31. The third-order valence-corrected chi connectivity index (χ3v) is 3.38. The normalized spacial score (nSPS) is 15.7. The third-order valence-electron chi connectivity index (χ3n) is 3.38. The Kier molecular flexibility index (Phi) is 3.29. The summed E-state index contributed by atoms with van der Waals surface area (Å²) in [6.07, 6.45) is 0. The number of para-hydroxylation sites is 1. The second kappa shape index (κ2) is 5.14. The molecule has 0 unspecified atom stereocenters. The second-order valence-corrected chi connectivity index (χ2v) is 5.04. The molecule has 1 aliphatic rings. The SMILES string of the molecule is CC(=O)N=C1C(C)=NC(=O)c2c(C)nn(-c3ccccc3)c21. The first-order valence-corrected chi connectivity index (χ1v) is 6.83. The first-order chi connectivity index (χ1) is 10.5. The van der Waals surface area contributed by atoms with E-state index in [1.807, 2.05) is 30.3 Å².